The van der Waals surface area contributed by atoms with Crippen LogP contribution in [0.5, 0.6) is 0 Å². The maximum Gasteiger partial charge on any atom is 0.325 e. The molecule has 1 N–H and O–H groups in total. The van der Waals surface area contributed by atoms with E-state index in [-0.39, 0.29) is 0 Å². The molecule has 0 aromatic rings. The Morgan fingerprint density at radius 2 is 1.09 bits per heavy atom. The zero-order chi connectivity index (χ0) is 23.6. The quantitative estimate of drug-likeness (QED) is 0.238. The molecule has 0 aromatic carbocycles. The second kappa shape index (κ2) is 10.1. The third kappa shape index (κ3) is 4.29. The molecular weight excluding hydrogens is 440 g/mol. The lowest BCUT2D eigenvalue weighted by Crippen LogP contribution is -2.57. The van der Waals surface area contributed by atoms with Crippen molar-refractivity contribution in [2.75, 3.05) is 35.0 Å². The number of aliphatic hydroxyl groups is 1. The van der Waals surface area contributed by atoms with Crippen LogP contribution in [0.25, 0.3) is 0 Å². The molecule has 14 heteroatoms. The van der Waals surface area contributed by atoms with Gasteiger partial charge in [-0.15, -0.1) is 0 Å². The Kier molecular flexibility index (Phi) is 7.63. The number of aliphatic hydroxyl groups excluding tert-OH is 1. The Hall–Kier alpha value is -2.36. The summed E-state index contributed by atoms with van der Waals surface area (Å²) in [6, 6.07) is 0. The predicted molar refractivity (Wildman–Crippen MR) is 94.1 cm³/mol. The number of fused-ring (bicyclic) bond motifs is 3. The molecule has 0 amide bonds. The first-order chi connectivity index (χ1) is 15.3. The predicted octanol–water partition coefficient (Wildman–Crippen LogP) is -2.52. The molecule has 14 nitrogen and oxygen atoms in total. The van der Waals surface area contributed by atoms with Crippen molar-refractivity contribution >= 4 is 23.9 Å². The number of carbonyl (C=O) groups is 4. The lowest BCUT2D eigenvalue weighted by molar-refractivity contribution is -0.313. The van der Waals surface area contributed by atoms with Crippen molar-refractivity contribution < 1.29 is 66.9 Å². The molecule has 7 unspecified atom stereocenters. The first kappa shape index (κ1) is 24.3. The highest BCUT2D eigenvalue weighted by Gasteiger charge is 2.62. The monoisotopic (exact) mass is 464 g/mol. The number of hydrogen-bond donors (Lipinski definition) is 1. The van der Waals surface area contributed by atoms with Crippen LogP contribution in [0.4, 0.5) is 0 Å². The summed E-state index contributed by atoms with van der Waals surface area (Å²) < 4.78 is 46.8. The highest BCUT2D eigenvalue weighted by atomic mass is 16.8. The van der Waals surface area contributed by atoms with Crippen LogP contribution in [0.2, 0.25) is 0 Å². The van der Waals surface area contributed by atoms with Crippen molar-refractivity contribution in [2.45, 2.75) is 43.3 Å². The third-order valence-corrected chi connectivity index (χ3v) is 5.28. The van der Waals surface area contributed by atoms with Gasteiger partial charge in [0.1, 0.15) is 24.4 Å². The van der Waals surface area contributed by atoms with Crippen molar-refractivity contribution in [3.05, 3.63) is 0 Å². The van der Waals surface area contributed by atoms with Gasteiger partial charge in [-0.2, -0.15) is 0 Å². The van der Waals surface area contributed by atoms with Gasteiger partial charge in [-0.05, 0) is 0 Å². The summed E-state index contributed by atoms with van der Waals surface area (Å²) in [6.07, 6.45) is -7.97. The highest BCUT2D eigenvalue weighted by Crippen LogP contribution is 2.42. The first-order valence-electron chi connectivity index (χ1n) is 9.50. The summed E-state index contributed by atoms with van der Waals surface area (Å²) in [5, 5.41) is 9.75. The molecular formula is C18H24O14. The fourth-order valence-corrected chi connectivity index (χ4v) is 3.72. The highest BCUT2D eigenvalue weighted by molar-refractivity contribution is 5.96. The van der Waals surface area contributed by atoms with Gasteiger partial charge >= 0.3 is 23.9 Å². The molecule has 3 fully saturated rings. The zero-order valence-corrected chi connectivity index (χ0v) is 17.7. The number of rotatable bonds is 7. The van der Waals surface area contributed by atoms with E-state index in [2.05, 4.69) is 18.9 Å². The van der Waals surface area contributed by atoms with Crippen molar-refractivity contribution in [1.29, 1.82) is 0 Å². The van der Waals surface area contributed by atoms with E-state index >= 15 is 0 Å². The molecule has 32 heavy (non-hydrogen) atoms. The van der Waals surface area contributed by atoms with Crippen LogP contribution in [0, 0.1) is 11.8 Å². The number of methoxy groups -OCH3 is 4. The molecule has 3 heterocycles. The Morgan fingerprint density at radius 3 is 1.53 bits per heavy atom. The SMILES string of the molecule is COC(=O)C(C(=O)OC)C1OC2OC3C(CO)OC(C(C(=O)OC)C(=O)OC)OC3C2O1. The van der Waals surface area contributed by atoms with E-state index in [9.17, 15) is 24.3 Å². The maximum absolute atomic E-state index is 12.1. The molecule has 3 rings (SSSR count). The molecule has 3 aliphatic heterocycles. The van der Waals surface area contributed by atoms with Crippen LogP contribution in [0.3, 0.4) is 0 Å². The van der Waals surface area contributed by atoms with Crippen molar-refractivity contribution in [3.8, 4) is 0 Å². The van der Waals surface area contributed by atoms with Crippen LogP contribution in [0.1, 0.15) is 0 Å². The Balaban J connectivity index is 1.82. The topological polar surface area (TPSA) is 172 Å². The van der Waals surface area contributed by atoms with E-state index in [1.165, 1.54) is 0 Å². The van der Waals surface area contributed by atoms with Crippen LogP contribution in [0.15, 0.2) is 0 Å². The molecule has 3 aliphatic rings. The van der Waals surface area contributed by atoms with E-state index in [4.69, 9.17) is 23.7 Å². The van der Waals surface area contributed by atoms with Crippen LogP contribution in [-0.4, -0.2) is 107 Å². The van der Waals surface area contributed by atoms with Crippen LogP contribution < -0.4 is 0 Å². The van der Waals surface area contributed by atoms with E-state index in [1.54, 1.807) is 0 Å². The van der Waals surface area contributed by atoms with Crippen molar-refractivity contribution in [1.82, 2.24) is 0 Å². The Labute approximate surface area is 181 Å². The smallest absolute Gasteiger partial charge is 0.325 e. The van der Waals surface area contributed by atoms with E-state index < -0.39 is 85.6 Å². The molecule has 0 radical (unpaired) electrons. The summed E-state index contributed by atoms with van der Waals surface area (Å²) in [7, 11) is 4.30. The van der Waals surface area contributed by atoms with E-state index in [1.807, 2.05) is 0 Å². The molecule has 0 spiro atoms. The molecule has 3 saturated heterocycles. The molecule has 0 aromatic heterocycles. The second-order valence-electron chi connectivity index (χ2n) is 6.95. The minimum atomic E-state index is -1.62. The van der Waals surface area contributed by atoms with Gasteiger partial charge in [-0.25, -0.2) is 0 Å². The third-order valence-electron chi connectivity index (χ3n) is 5.28. The zero-order valence-electron chi connectivity index (χ0n) is 17.7. The molecule has 0 saturated carbocycles. The van der Waals surface area contributed by atoms with Crippen molar-refractivity contribution in [2.24, 2.45) is 11.8 Å². The average Bonchev–Trinajstić information content (AvgIpc) is 3.36. The van der Waals surface area contributed by atoms with Crippen molar-refractivity contribution in [3.63, 3.8) is 0 Å². The summed E-state index contributed by atoms with van der Waals surface area (Å²) in [5.41, 5.74) is 0. The molecule has 0 bridgehead atoms. The van der Waals surface area contributed by atoms with Gasteiger partial charge in [0.25, 0.3) is 0 Å². The largest absolute Gasteiger partial charge is 0.468 e. The number of hydrogen-bond acceptors (Lipinski definition) is 14. The van der Waals surface area contributed by atoms with Crippen LogP contribution in [-0.2, 0) is 61.8 Å². The molecule has 7 atom stereocenters. The van der Waals surface area contributed by atoms with E-state index in [0.717, 1.165) is 28.4 Å². The minimum Gasteiger partial charge on any atom is -0.468 e. The number of esters is 4. The maximum atomic E-state index is 12.1. The number of carbonyl (C=O) groups excluding carboxylic acids is 4. The fraction of sp³-hybridized carbons (Fsp3) is 0.778. The minimum absolute atomic E-state index is 0.550. The Bertz CT molecular complexity index is 707. The van der Waals surface area contributed by atoms with Gasteiger partial charge in [-0.3, -0.25) is 19.2 Å². The summed E-state index contributed by atoms with van der Waals surface area (Å²) >= 11 is 0. The lowest BCUT2D eigenvalue weighted by atomic mass is 10.0. The fourth-order valence-electron chi connectivity index (χ4n) is 3.72. The summed E-state index contributed by atoms with van der Waals surface area (Å²) in [5.74, 6) is -7.03. The van der Waals surface area contributed by atoms with Gasteiger partial charge in [0.05, 0.1) is 35.0 Å². The van der Waals surface area contributed by atoms with E-state index in [0.29, 0.717) is 0 Å². The Morgan fingerprint density at radius 1 is 0.656 bits per heavy atom. The summed E-state index contributed by atoms with van der Waals surface area (Å²) in [6.45, 7) is -0.550. The normalized spacial score (nSPS) is 33.4. The first-order valence-corrected chi connectivity index (χ1v) is 9.50. The second-order valence-corrected chi connectivity index (χ2v) is 6.95. The average molecular weight is 464 g/mol. The standard InChI is InChI=1S/C18H24O14/c1-24-12(20)7(13(21)25-2)16-28-6(5-19)9-10(30-16)11-18(29-9)32-17(31-11)8(14(22)26-3)15(23)27-4/h6-11,16-19H,5H2,1-4H3. The van der Waals surface area contributed by atoms with Gasteiger partial charge in [0.15, 0.2) is 18.9 Å². The number of ether oxygens (including phenoxy) is 9. The van der Waals surface area contributed by atoms with Crippen LogP contribution >= 0.6 is 0 Å². The van der Waals surface area contributed by atoms with Gasteiger partial charge < -0.3 is 47.7 Å². The van der Waals surface area contributed by atoms with Gasteiger partial charge in [-0.1, -0.05) is 0 Å². The summed E-state index contributed by atoms with van der Waals surface area (Å²) in [4.78, 5) is 48.4. The van der Waals surface area contributed by atoms with Gasteiger partial charge in [0, 0.05) is 0 Å². The van der Waals surface area contributed by atoms with Gasteiger partial charge in [0.2, 0.25) is 11.8 Å². The molecule has 0 aliphatic carbocycles. The lowest BCUT2D eigenvalue weighted by Gasteiger charge is -2.39. The molecule has 180 valence electrons.